The molecule has 1 heterocycles. The van der Waals surface area contributed by atoms with Crippen LogP contribution in [-0.4, -0.2) is 0 Å². The lowest BCUT2D eigenvalue weighted by Crippen LogP contribution is -2.30. The summed E-state index contributed by atoms with van der Waals surface area (Å²) in [6.45, 7) is 2.35. The van der Waals surface area contributed by atoms with Crippen molar-refractivity contribution in [2.75, 3.05) is 5.32 Å². The van der Waals surface area contributed by atoms with E-state index in [0.717, 1.165) is 4.47 Å². The van der Waals surface area contributed by atoms with Crippen LogP contribution in [-0.2, 0) is 0 Å². The first-order chi connectivity index (χ1) is 11.7. The molecule has 1 N–H and O–H groups in total. The summed E-state index contributed by atoms with van der Waals surface area (Å²) in [7, 11) is 0. The van der Waals surface area contributed by atoms with E-state index in [4.69, 9.17) is 0 Å². The van der Waals surface area contributed by atoms with Gasteiger partial charge in [0.05, 0.1) is 6.04 Å². The molecule has 3 atom stereocenters. The fourth-order valence-electron chi connectivity index (χ4n) is 3.89. The fourth-order valence-corrected chi connectivity index (χ4v) is 4.27. The minimum atomic E-state index is 0.310. The maximum Gasteiger partial charge on any atom is 0.0548 e. The Morgan fingerprint density at radius 2 is 1.42 bits per heavy atom. The lowest BCUT2D eigenvalue weighted by molar-refractivity contribution is 0.428. The maximum atomic E-state index is 3.77. The summed E-state index contributed by atoms with van der Waals surface area (Å²) in [6.07, 6.45) is 0. The number of hydrogen-bond donors (Lipinski definition) is 1. The molecule has 1 aliphatic rings. The molecule has 3 aromatic rings. The molecule has 3 aromatic carbocycles. The molecule has 1 aliphatic heterocycles. The van der Waals surface area contributed by atoms with Crippen LogP contribution in [0.25, 0.3) is 0 Å². The molecule has 0 unspecified atom stereocenters. The van der Waals surface area contributed by atoms with Gasteiger partial charge in [-0.15, -0.1) is 0 Å². The summed E-state index contributed by atoms with van der Waals surface area (Å²) >= 11 is 3.64. The predicted molar refractivity (Wildman–Crippen MR) is 104 cm³/mol. The maximum absolute atomic E-state index is 3.77. The van der Waals surface area contributed by atoms with E-state index in [-0.39, 0.29) is 0 Å². The Morgan fingerprint density at radius 1 is 0.792 bits per heavy atom. The Labute approximate surface area is 151 Å². The molecule has 0 spiro atoms. The Kier molecular flexibility index (Phi) is 4.15. The summed E-state index contributed by atoms with van der Waals surface area (Å²) in [4.78, 5) is 0. The third kappa shape index (κ3) is 2.76. The molecular formula is C22H20BrN. The number of halogens is 1. The van der Waals surface area contributed by atoms with Gasteiger partial charge in [-0.1, -0.05) is 83.5 Å². The third-order valence-corrected chi connectivity index (χ3v) is 5.52. The molecule has 0 amide bonds. The molecule has 0 bridgehead atoms. The van der Waals surface area contributed by atoms with Gasteiger partial charge in [-0.2, -0.15) is 0 Å². The molecule has 0 aromatic heterocycles. The van der Waals surface area contributed by atoms with Crippen molar-refractivity contribution in [2.24, 2.45) is 5.92 Å². The van der Waals surface area contributed by atoms with Gasteiger partial charge in [0.2, 0.25) is 0 Å². The van der Waals surface area contributed by atoms with Gasteiger partial charge in [-0.3, -0.25) is 0 Å². The lowest BCUT2D eigenvalue weighted by Gasteiger charge is -2.40. The van der Waals surface area contributed by atoms with Gasteiger partial charge in [0.25, 0.3) is 0 Å². The quantitative estimate of drug-likeness (QED) is 0.545. The second-order valence-electron chi connectivity index (χ2n) is 6.51. The predicted octanol–water partition coefficient (Wildman–Crippen LogP) is 6.38. The SMILES string of the molecule is C[C@@H]1[C@H](c2ccccc2)c2cc(Br)ccc2N[C@@H]1c1ccccc1. The van der Waals surface area contributed by atoms with E-state index < -0.39 is 0 Å². The van der Waals surface area contributed by atoms with E-state index in [1.54, 1.807) is 0 Å². The molecular weight excluding hydrogens is 358 g/mol. The molecule has 120 valence electrons. The summed E-state index contributed by atoms with van der Waals surface area (Å²) in [5.74, 6) is 0.835. The van der Waals surface area contributed by atoms with Crippen LogP contribution in [0.3, 0.4) is 0 Å². The molecule has 4 rings (SSSR count). The standard InChI is InChI=1S/C22H20BrN/c1-15-21(16-8-4-2-5-9-16)19-14-18(23)12-13-20(19)24-22(15)17-10-6-3-7-11-17/h2-15,21-22,24H,1H3/t15-,21-,22+/m1/s1. The normalized spacial score (nSPS) is 22.5. The van der Waals surface area contributed by atoms with Crippen molar-refractivity contribution in [3.8, 4) is 0 Å². The topological polar surface area (TPSA) is 12.0 Å². The minimum Gasteiger partial charge on any atom is -0.378 e. The molecule has 0 saturated carbocycles. The monoisotopic (exact) mass is 377 g/mol. The van der Waals surface area contributed by atoms with Crippen LogP contribution in [0.1, 0.15) is 35.6 Å². The smallest absolute Gasteiger partial charge is 0.0548 e. The van der Waals surface area contributed by atoms with Crippen LogP contribution >= 0.6 is 15.9 Å². The molecule has 0 saturated heterocycles. The highest BCUT2D eigenvalue weighted by Gasteiger charge is 2.35. The largest absolute Gasteiger partial charge is 0.378 e. The van der Waals surface area contributed by atoms with E-state index in [9.17, 15) is 0 Å². The number of rotatable bonds is 2. The van der Waals surface area contributed by atoms with Crippen LogP contribution in [0.15, 0.2) is 83.3 Å². The minimum absolute atomic E-state index is 0.310. The van der Waals surface area contributed by atoms with Crippen molar-refractivity contribution in [3.63, 3.8) is 0 Å². The Bertz CT molecular complexity index is 829. The van der Waals surface area contributed by atoms with Crippen molar-refractivity contribution in [2.45, 2.75) is 18.9 Å². The van der Waals surface area contributed by atoms with Crippen molar-refractivity contribution in [1.29, 1.82) is 0 Å². The molecule has 0 aliphatic carbocycles. The van der Waals surface area contributed by atoms with E-state index >= 15 is 0 Å². The summed E-state index contributed by atoms with van der Waals surface area (Å²) in [5, 5.41) is 3.77. The first-order valence-electron chi connectivity index (χ1n) is 8.40. The number of fused-ring (bicyclic) bond motifs is 1. The average Bonchev–Trinajstić information content (AvgIpc) is 2.63. The van der Waals surface area contributed by atoms with E-state index in [2.05, 4.69) is 107 Å². The van der Waals surface area contributed by atoms with E-state index in [0.29, 0.717) is 17.9 Å². The van der Waals surface area contributed by atoms with Crippen LogP contribution < -0.4 is 5.32 Å². The van der Waals surface area contributed by atoms with Crippen LogP contribution in [0.4, 0.5) is 5.69 Å². The molecule has 0 fully saturated rings. The highest BCUT2D eigenvalue weighted by atomic mass is 79.9. The van der Waals surface area contributed by atoms with E-state index in [1.807, 2.05) is 0 Å². The van der Waals surface area contributed by atoms with Crippen LogP contribution in [0.5, 0.6) is 0 Å². The second kappa shape index (κ2) is 6.45. The molecule has 1 nitrogen and oxygen atoms in total. The number of hydrogen-bond acceptors (Lipinski definition) is 1. The zero-order valence-electron chi connectivity index (χ0n) is 13.6. The molecule has 24 heavy (non-hydrogen) atoms. The Balaban J connectivity index is 1.85. The summed E-state index contributed by atoms with van der Waals surface area (Å²) in [5.41, 5.74) is 5.33. The number of benzene rings is 3. The van der Waals surface area contributed by atoms with Crippen molar-refractivity contribution in [3.05, 3.63) is 100 Å². The summed E-state index contributed by atoms with van der Waals surface area (Å²) < 4.78 is 1.13. The first-order valence-corrected chi connectivity index (χ1v) is 9.19. The highest BCUT2D eigenvalue weighted by Crippen LogP contribution is 2.48. The lowest BCUT2D eigenvalue weighted by atomic mass is 9.73. The van der Waals surface area contributed by atoms with Gasteiger partial charge in [0, 0.05) is 16.1 Å². The van der Waals surface area contributed by atoms with Crippen molar-refractivity contribution in [1.82, 2.24) is 0 Å². The zero-order valence-corrected chi connectivity index (χ0v) is 15.2. The zero-order chi connectivity index (χ0) is 16.5. The summed E-state index contributed by atoms with van der Waals surface area (Å²) in [6, 6.07) is 28.5. The van der Waals surface area contributed by atoms with Crippen LogP contribution in [0, 0.1) is 5.92 Å². The van der Waals surface area contributed by atoms with Gasteiger partial charge in [-0.05, 0) is 40.8 Å². The number of nitrogens with one attached hydrogen (secondary N) is 1. The van der Waals surface area contributed by atoms with Gasteiger partial charge in [0.1, 0.15) is 0 Å². The highest BCUT2D eigenvalue weighted by molar-refractivity contribution is 9.10. The van der Waals surface area contributed by atoms with Gasteiger partial charge in [0.15, 0.2) is 0 Å². The van der Waals surface area contributed by atoms with Gasteiger partial charge in [-0.25, -0.2) is 0 Å². The van der Waals surface area contributed by atoms with Crippen LogP contribution in [0.2, 0.25) is 0 Å². The Morgan fingerprint density at radius 3 is 2.08 bits per heavy atom. The van der Waals surface area contributed by atoms with E-state index in [1.165, 1.54) is 22.4 Å². The number of anilines is 1. The third-order valence-electron chi connectivity index (χ3n) is 5.03. The van der Waals surface area contributed by atoms with Crippen molar-refractivity contribution < 1.29 is 0 Å². The van der Waals surface area contributed by atoms with Gasteiger partial charge < -0.3 is 5.32 Å². The fraction of sp³-hybridized carbons (Fsp3) is 0.182. The first kappa shape index (κ1) is 15.5. The second-order valence-corrected chi connectivity index (χ2v) is 7.43. The molecule has 0 radical (unpaired) electrons. The van der Waals surface area contributed by atoms with Crippen molar-refractivity contribution >= 4 is 21.6 Å². The molecule has 2 heteroatoms. The Hall–Kier alpha value is -2.06. The van der Waals surface area contributed by atoms with Gasteiger partial charge >= 0.3 is 0 Å². The average molecular weight is 378 g/mol.